The quantitative estimate of drug-likeness (QED) is 0.922. The summed E-state index contributed by atoms with van der Waals surface area (Å²) in [6.45, 7) is 5.82. The van der Waals surface area contributed by atoms with Crippen molar-refractivity contribution in [3.8, 4) is 0 Å². The van der Waals surface area contributed by atoms with Crippen LogP contribution in [0.4, 0.5) is 4.79 Å². The minimum absolute atomic E-state index is 0.335. The normalized spacial score (nSPS) is 11.6. The van der Waals surface area contributed by atoms with Crippen LogP contribution < -0.4 is 5.32 Å². The van der Waals surface area contributed by atoms with E-state index in [1.807, 2.05) is 43.5 Å². The van der Waals surface area contributed by atoms with Crippen LogP contribution in [-0.2, 0) is 11.3 Å². The van der Waals surface area contributed by atoms with Crippen molar-refractivity contribution in [2.75, 3.05) is 0 Å². The number of halogens is 1. The second-order valence-electron chi connectivity index (χ2n) is 5.18. The molecule has 0 aromatic carbocycles. The predicted octanol–water partition coefficient (Wildman–Crippen LogP) is 3.12. The molecular weight excluding hydrogens is 310 g/mol. The first kappa shape index (κ1) is 13.9. The average Bonchev–Trinajstić information content (AvgIpc) is 2.66. The van der Waals surface area contributed by atoms with Gasteiger partial charge < -0.3 is 14.5 Å². The summed E-state index contributed by atoms with van der Waals surface area (Å²) >= 11 is 3.42. The SMILES string of the molecule is CC(C)(C)OC(=O)NCc1ncn2ccc(Br)cc12. The fourth-order valence-electron chi connectivity index (χ4n) is 1.62. The van der Waals surface area contributed by atoms with E-state index in [9.17, 15) is 4.79 Å². The molecule has 0 unspecified atom stereocenters. The molecule has 19 heavy (non-hydrogen) atoms. The molecule has 0 bridgehead atoms. The lowest BCUT2D eigenvalue weighted by molar-refractivity contribution is 0.0523. The Hall–Kier alpha value is -1.56. The Kier molecular flexibility index (Phi) is 3.80. The van der Waals surface area contributed by atoms with Crippen molar-refractivity contribution in [1.29, 1.82) is 0 Å². The van der Waals surface area contributed by atoms with Gasteiger partial charge in [-0.25, -0.2) is 9.78 Å². The highest BCUT2D eigenvalue weighted by atomic mass is 79.9. The van der Waals surface area contributed by atoms with E-state index < -0.39 is 11.7 Å². The number of hydrogen-bond donors (Lipinski definition) is 1. The number of hydrogen-bond acceptors (Lipinski definition) is 3. The molecule has 2 aromatic heterocycles. The Labute approximate surface area is 120 Å². The summed E-state index contributed by atoms with van der Waals surface area (Å²) in [5, 5.41) is 2.70. The third-order valence-electron chi connectivity index (χ3n) is 2.38. The summed E-state index contributed by atoms with van der Waals surface area (Å²) in [5.74, 6) is 0. The Bertz CT molecular complexity index is 601. The molecule has 6 heteroatoms. The minimum Gasteiger partial charge on any atom is -0.444 e. The molecule has 0 aliphatic heterocycles. The summed E-state index contributed by atoms with van der Waals surface area (Å²) in [6.07, 6.45) is 3.18. The zero-order valence-corrected chi connectivity index (χ0v) is 12.7. The molecule has 0 aliphatic carbocycles. The number of carbonyl (C=O) groups is 1. The first-order valence-corrected chi connectivity index (χ1v) is 6.72. The first-order valence-electron chi connectivity index (χ1n) is 5.93. The molecule has 0 fully saturated rings. The lowest BCUT2D eigenvalue weighted by Crippen LogP contribution is -2.32. The molecule has 5 nitrogen and oxygen atoms in total. The van der Waals surface area contributed by atoms with E-state index in [1.165, 1.54) is 0 Å². The van der Waals surface area contributed by atoms with E-state index >= 15 is 0 Å². The number of imidazole rings is 1. The maximum atomic E-state index is 11.6. The number of pyridine rings is 1. The van der Waals surface area contributed by atoms with Gasteiger partial charge in [-0.1, -0.05) is 15.9 Å². The maximum Gasteiger partial charge on any atom is 0.407 e. The lowest BCUT2D eigenvalue weighted by atomic mass is 10.2. The van der Waals surface area contributed by atoms with Crippen LogP contribution in [0.2, 0.25) is 0 Å². The van der Waals surface area contributed by atoms with Crippen LogP contribution in [0.15, 0.2) is 29.1 Å². The molecule has 1 amide bonds. The van der Waals surface area contributed by atoms with Gasteiger partial charge in [0.05, 0.1) is 24.1 Å². The number of nitrogens with zero attached hydrogens (tertiary/aromatic N) is 2. The van der Waals surface area contributed by atoms with Gasteiger partial charge in [-0.05, 0) is 32.9 Å². The van der Waals surface area contributed by atoms with Gasteiger partial charge in [0.2, 0.25) is 0 Å². The maximum absolute atomic E-state index is 11.6. The van der Waals surface area contributed by atoms with Crippen molar-refractivity contribution in [2.24, 2.45) is 0 Å². The topological polar surface area (TPSA) is 55.6 Å². The van der Waals surface area contributed by atoms with Crippen molar-refractivity contribution < 1.29 is 9.53 Å². The van der Waals surface area contributed by atoms with E-state index in [0.29, 0.717) is 6.54 Å². The van der Waals surface area contributed by atoms with Gasteiger partial charge in [-0.3, -0.25) is 0 Å². The number of alkyl carbamates (subject to hydrolysis) is 1. The van der Waals surface area contributed by atoms with Crippen molar-refractivity contribution in [3.63, 3.8) is 0 Å². The van der Waals surface area contributed by atoms with Crippen LogP contribution in [0.25, 0.3) is 5.52 Å². The smallest absolute Gasteiger partial charge is 0.407 e. The standard InChI is InChI=1S/C13H16BrN3O2/c1-13(2,3)19-12(18)15-7-10-11-6-9(14)4-5-17(11)8-16-10/h4-6,8H,7H2,1-3H3,(H,15,18). The molecule has 0 saturated heterocycles. The number of nitrogens with one attached hydrogen (secondary N) is 1. The molecule has 0 spiro atoms. The van der Waals surface area contributed by atoms with E-state index in [1.54, 1.807) is 6.33 Å². The highest BCUT2D eigenvalue weighted by Crippen LogP contribution is 2.16. The first-order chi connectivity index (χ1) is 8.85. The van der Waals surface area contributed by atoms with Gasteiger partial charge in [0.1, 0.15) is 5.60 Å². The minimum atomic E-state index is -0.497. The highest BCUT2D eigenvalue weighted by molar-refractivity contribution is 9.10. The number of rotatable bonds is 2. The molecule has 0 atom stereocenters. The summed E-state index contributed by atoms with van der Waals surface area (Å²) in [5.41, 5.74) is 1.25. The van der Waals surface area contributed by atoms with E-state index in [2.05, 4.69) is 26.2 Å². The summed E-state index contributed by atoms with van der Waals surface area (Å²) in [6, 6.07) is 3.89. The zero-order valence-electron chi connectivity index (χ0n) is 11.1. The molecule has 0 aliphatic rings. The molecule has 102 valence electrons. The Morgan fingerprint density at radius 2 is 2.26 bits per heavy atom. The third kappa shape index (κ3) is 3.70. The van der Waals surface area contributed by atoms with Gasteiger partial charge in [-0.2, -0.15) is 0 Å². The summed E-state index contributed by atoms with van der Waals surface area (Å²) in [4.78, 5) is 15.9. The van der Waals surface area contributed by atoms with Crippen molar-refractivity contribution >= 4 is 27.5 Å². The van der Waals surface area contributed by atoms with Crippen LogP contribution in [0.5, 0.6) is 0 Å². The molecule has 2 heterocycles. The Balaban J connectivity index is 2.06. The molecule has 0 saturated carbocycles. The van der Waals surface area contributed by atoms with E-state index in [0.717, 1.165) is 15.7 Å². The van der Waals surface area contributed by atoms with E-state index in [4.69, 9.17) is 4.74 Å². The van der Waals surface area contributed by atoms with Gasteiger partial charge in [0.15, 0.2) is 0 Å². The van der Waals surface area contributed by atoms with E-state index in [-0.39, 0.29) is 0 Å². The zero-order chi connectivity index (χ0) is 14.0. The number of ether oxygens (including phenoxy) is 1. The van der Waals surface area contributed by atoms with Crippen LogP contribution in [0.1, 0.15) is 26.5 Å². The Morgan fingerprint density at radius 1 is 1.53 bits per heavy atom. The second kappa shape index (κ2) is 5.21. The monoisotopic (exact) mass is 325 g/mol. The molecular formula is C13H16BrN3O2. The van der Waals surface area contributed by atoms with Crippen LogP contribution in [0.3, 0.4) is 0 Å². The molecule has 2 aromatic rings. The fourth-order valence-corrected chi connectivity index (χ4v) is 1.96. The predicted molar refractivity (Wildman–Crippen MR) is 76.0 cm³/mol. The van der Waals surface area contributed by atoms with Gasteiger partial charge in [-0.15, -0.1) is 0 Å². The van der Waals surface area contributed by atoms with Gasteiger partial charge in [0, 0.05) is 10.7 Å². The van der Waals surface area contributed by atoms with Gasteiger partial charge >= 0.3 is 6.09 Å². The molecule has 0 radical (unpaired) electrons. The largest absolute Gasteiger partial charge is 0.444 e. The second-order valence-corrected chi connectivity index (χ2v) is 6.10. The fraction of sp³-hybridized carbons (Fsp3) is 0.385. The number of aromatic nitrogens is 2. The Morgan fingerprint density at radius 3 is 2.95 bits per heavy atom. The van der Waals surface area contributed by atoms with Crippen LogP contribution in [0, 0.1) is 0 Å². The molecule has 1 N–H and O–H groups in total. The van der Waals surface area contributed by atoms with Crippen LogP contribution in [-0.4, -0.2) is 21.1 Å². The van der Waals surface area contributed by atoms with Crippen molar-refractivity contribution in [2.45, 2.75) is 32.9 Å². The summed E-state index contributed by atoms with van der Waals surface area (Å²) in [7, 11) is 0. The highest BCUT2D eigenvalue weighted by Gasteiger charge is 2.16. The third-order valence-corrected chi connectivity index (χ3v) is 2.87. The van der Waals surface area contributed by atoms with Crippen LogP contribution >= 0.6 is 15.9 Å². The number of carbonyl (C=O) groups excluding carboxylic acids is 1. The number of fused-ring (bicyclic) bond motifs is 1. The number of amides is 1. The van der Waals surface area contributed by atoms with Gasteiger partial charge in [0.25, 0.3) is 0 Å². The van der Waals surface area contributed by atoms with Crippen molar-refractivity contribution in [1.82, 2.24) is 14.7 Å². The van der Waals surface area contributed by atoms with Crippen molar-refractivity contribution in [3.05, 3.63) is 34.8 Å². The molecule has 2 rings (SSSR count). The average molecular weight is 326 g/mol. The summed E-state index contributed by atoms with van der Waals surface area (Å²) < 4.78 is 8.05. The lowest BCUT2D eigenvalue weighted by Gasteiger charge is -2.19.